The van der Waals surface area contributed by atoms with Crippen molar-refractivity contribution in [2.75, 3.05) is 45.7 Å². The van der Waals surface area contributed by atoms with Crippen molar-refractivity contribution in [2.45, 2.75) is 25.4 Å². The van der Waals surface area contributed by atoms with E-state index in [1.54, 1.807) is 23.1 Å². The number of carbonyl (C=O) groups is 3. The number of anilines is 1. The lowest BCUT2D eigenvalue weighted by Crippen LogP contribution is -2.45. The number of benzene rings is 1. The number of hydrogen-bond acceptors (Lipinski definition) is 6. The number of amides is 2. The molecule has 1 aromatic rings. The molecule has 0 saturated carbocycles. The summed E-state index contributed by atoms with van der Waals surface area (Å²) >= 11 is 0. The number of likely N-dealkylation sites (N-methyl/N-ethyl adjacent to an activating group) is 1. The van der Waals surface area contributed by atoms with Crippen LogP contribution in [0.1, 0.15) is 29.6 Å². The van der Waals surface area contributed by atoms with Gasteiger partial charge in [0.15, 0.2) is 6.61 Å². The highest BCUT2D eigenvalue weighted by Gasteiger charge is 2.50. The fourth-order valence-electron chi connectivity index (χ4n) is 4.28. The Morgan fingerprint density at radius 1 is 1.29 bits per heavy atom. The average molecular weight is 387 g/mol. The maximum absolute atomic E-state index is 12.9. The van der Waals surface area contributed by atoms with Gasteiger partial charge in [-0.15, -0.1) is 0 Å². The van der Waals surface area contributed by atoms with E-state index in [0.29, 0.717) is 42.9 Å². The van der Waals surface area contributed by atoms with Crippen molar-refractivity contribution in [3.05, 3.63) is 23.8 Å². The number of hydrogen-bond donors (Lipinski definition) is 1. The average Bonchev–Trinajstić information content (AvgIpc) is 2.95. The first-order valence-corrected chi connectivity index (χ1v) is 9.58. The molecule has 0 aromatic heterocycles. The van der Waals surface area contributed by atoms with E-state index in [2.05, 4.69) is 5.32 Å². The molecule has 8 nitrogen and oxygen atoms in total. The molecule has 150 valence electrons. The van der Waals surface area contributed by atoms with Crippen LogP contribution in [0.4, 0.5) is 5.69 Å². The zero-order valence-corrected chi connectivity index (χ0v) is 16.2. The molecule has 3 aliphatic heterocycles. The highest BCUT2D eigenvalue weighted by molar-refractivity contribution is 5.99. The highest BCUT2D eigenvalue weighted by atomic mass is 16.6. The summed E-state index contributed by atoms with van der Waals surface area (Å²) < 4.78 is 11.0. The minimum Gasteiger partial charge on any atom is -0.482 e. The fourth-order valence-corrected chi connectivity index (χ4v) is 4.28. The summed E-state index contributed by atoms with van der Waals surface area (Å²) in [6.45, 7) is 1.73. The minimum atomic E-state index is -0.458. The largest absolute Gasteiger partial charge is 0.482 e. The third-order valence-electron chi connectivity index (χ3n) is 5.76. The number of likely N-dealkylation sites (tertiary alicyclic amines) is 1. The minimum absolute atomic E-state index is 0.0485. The molecule has 2 fully saturated rings. The van der Waals surface area contributed by atoms with Crippen LogP contribution >= 0.6 is 0 Å². The van der Waals surface area contributed by atoms with E-state index in [9.17, 15) is 14.4 Å². The lowest BCUT2D eigenvalue weighted by molar-refractivity contribution is -0.150. The molecule has 1 atom stereocenters. The molecule has 1 spiro atoms. The van der Waals surface area contributed by atoms with Crippen molar-refractivity contribution in [1.29, 1.82) is 0 Å². The summed E-state index contributed by atoms with van der Waals surface area (Å²) in [5.41, 5.74) is 0.636. The maximum atomic E-state index is 12.9. The standard InChI is InChI=1S/C20H25N3O5/c1-22(2)11-14-10-20(19(26)28-14)5-7-23(8-6-20)18(25)13-3-4-15-16(9-13)27-12-17(24)21-15/h3-4,9,14H,5-8,10-12H2,1-2H3,(H,21,24). The second kappa shape index (κ2) is 7.09. The van der Waals surface area contributed by atoms with E-state index >= 15 is 0 Å². The lowest BCUT2D eigenvalue weighted by Gasteiger charge is -2.36. The number of rotatable bonds is 3. The van der Waals surface area contributed by atoms with Crippen molar-refractivity contribution in [3.63, 3.8) is 0 Å². The van der Waals surface area contributed by atoms with Crippen molar-refractivity contribution in [3.8, 4) is 5.75 Å². The molecule has 2 amide bonds. The number of carbonyl (C=O) groups excluding carboxylic acids is 3. The van der Waals surface area contributed by atoms with E-state index in [0.717, 1.165) is 13.0 Å². The quantitative estimate of drug-likeness (QED) is 0.782. The first-order chi connectivity index (χ1) is 13.4. The van der Waals surface area contributed by atoms with Crippen molar-refractivity contribution in [2.24, 2.45) is 5.41 Å². The second-order valence-electron chi connectivity index (χ2n) is 8.11. The van der Waals surface area contributed by atoms with Gasteiger partial charge in [-0.3, -0.25) is 14.4 Å². The van der Waals surface area contributed by atoms with Gasteiger partial charge in [0, 0.05) is 31.6 Å². The van der Waals surface area contributed by atoms with Gasteiger partial charge in [0.2, 0.25) is 0 Å². The van der Waals surface area contributed by atoms with Crippen molar-refractivity contribution in [1.82, 2.24) is 9.80 Å². The Balaban J connectivity index is 1.41. The molecule has 0 bridgehead atoms. The molecular formula is C20H25N3O5. The van der Waals surface area contributed by atoms with Crippen LogP contribution < -0.4 is 10.1 Å². The van der Waals surface area contributed by atoms with Crippen LogP contribution in [0.15, 0.2) is 18.2 Å². The monoisotopic (exact) mass is 387 g/mol. The zero-order chi connectivity index (χ0) is 19.9. The Hall–Kier alpha value is -2.61. The Labute approximate surface area is 163 Å². The predicted octanol–water partition coefficient (Wildman–Crippen LogP) is 1.12. The molecule has 0 radical (unpaired) electrons. The first-order valence-electron chi connectivity index (χ1n) is 9.58. The van der Waals surface area contributed by atoms with E-state index < -0.39 is 5.41 Å². The van der Waals surface area contributed by atoms with Gasteiger partial charge in [0.1, 0.15) is 11.9 Å². The van der Waals surface area contributed by atoms with Gasteiger partial charge in [-0.25, -0.2) is 0 Å². The zero-order valence-electron chi connectivity index (χ0n) is 16.2. The second-order valence-corrected chi connectivity index (χ2v) is 8.11. The molecule has 3 heterocycles. The van der Waals surface area contributed by atoms with Gasteiger partial charge in [0.05, 0.1) is 11.1 Å². The summed E-state index contributed by atoms with van der Waals surface area (Å²) in [6, 6.07) is 5.04. The van der Waals surface area contributed by atoms with Crippen molar-refractivity contribution >= 4 is 23.5 Å². The fraction of sp³-hybridized carbons (Fsp3) is 0.550. The van der Waals surface area contributed by atoms with Crippen LogP contribution in [-0.2, 0) is 14.3 Å². The number of nitrogens with zero attached hydrogens (tertiary/aromatic N) is 2. The molecular weight excluding hydrogens is 362 g/mol. The summed E-state index contributed by atoms with van der Waals surface area (Å²) in [7, 11) is 3.93. The van der Waals surface area contributed by atoms with Crippen LogP contribution in [0, 0.1) is 5.41 Å². The summed E-state index contributed by atoms with van der Waals surface area (Å²) in [4.78, 5) is 40.6. The molecule has 2 saturated heterocycles. The normalized spacial score (nSPS) is 23.2. The molecule has 1 N–H and O–H groups in total. The van der Waals surface area contributed by atoms with E-state index in [4.69, 9.17) is 9.47 Å². The molecule has 8 heteroatoms. The number of cyclic esters (lactones) is 1. The topological polar surface area (TPSA) is 88.2 Å². The number of fused-ring (bicyclic) bond motifs is 1. The number of nitrogens with one attached hydrogen (secondary N) is 1. The Morgan fingerprint density at radius 3 is 2.75 bits per heavy atom. The molecule has 1 aromatic carbocycles. The maximum Gasteiger partial charge on any atom is 0.312 e. The summed E-state index contributed by atoms with van der Waals surface area (Å²) in [5, 5.41) is 2.72. The van der Waals surface area contributed by atoms with Gasteiger partial charge >= 0.3 is 5.97 Å². The third kappa shape index (κ3) is 3.44. The smallest absolute Gasteiger partial charge is 0.312 e. The number of piperidine rings is 1. The van der Waals surface area contributed by atoms with Gasteiger partial charge in [0.25, 0.3) is 11.8 Å². The molecule has 4 rings (SSSR count). The Morgan fingerprint density at radius 2 is 2.04 bits per heavy atom. The number of ether oxygens (including phenoxy) is 2. The van der Waals surface area contributed by atoms with Crippen LogP contribution in [0.25, 0.3) is 0 Å². The molecule has 28 heavy (non-hydrogen) atoms. The van der Waals surface area contributed by atoms with Crippen LogP contribution in [0.2, 0.25) is 0 Å². The van der Waals surface area contributed by atoms with Crippen LogP contribution in [0.3, 0.4) is 0 Å². The Bertz CT molecular complexity index is 814. The molecule has 1 unspecified atom stereocenters. The van der Waals surface area contributed by atoms with Crippen LogP contribution in [0.5, 0.6) is 5.75 Å². The van der Waals surface area contributed by atoms with Gasteiger partial charge in [-0.2, -0.15) is 0 Å². The first kappa shape index (κ1) is 18.7. The van der Waals surface area contributed by atoms with Gasteiger partial charge in [-0.1, -0.05) is 0 Å². The molecule has 3 aliphatic rings. The summed E-state index contributed by atoms with van der Waals surface area (Å²) in [5.74, 6) is 0.0903. The van der Waals surface area contributed by atoms with E-state index in [-0.39, 0.29) is 30.5 Å². The highest BCUT2D eigenvalue weighted by Crippen LogP contribution is 2.43. The lowest BCUT2D eigenvalue weighted by atomic mass is 9.76. The van der Waals surface area contributed by atoms with Crippen molar-refractivity contribution < 1.29 is 23.9 Å². The van der Waals surface area contributed by atoms with E-state index in [1.165, 1.54) is 0 Å². The van der Waals surface area contributed by atoms with Crippen LogP contribution in [-0.4, -0.2) is 74.0 Å². The summed E-state index contributed by atoms with van der Waals surface area (Å²) in [6.07, 6.45) is 1.90. The molecule has 0 aliphatic carbocycles. The SMILES string of the molecule is CN(C)CC1CC2(CCN(C(=O)c3ccc4c(c3)OCC(=O)N4)CC2)C(=O)O1. The predicted molar refractivity (Wildman–Crippen MR) is 101 cm³/mol. The van der Waals surface area contributed by atoms with Gasteiger partial charge in [-0.05, 0) is 45.1 Å². The number of esters is 1. The third-order valence-corrected chi connectivity index (χ3v) is 5.76. The van der Waals surface area contributed by atoms with Gasteiger partial charge < -0.3 is 24.6 Å². The van der Waals surface area contributed by atoms with E-state index in [1.807, 2.05) is 19.0 Å². The Kier molecular flexibility index (Phi) is 4.74.